The van der Waals surface area contributed by atoms with Gasteiger partial charge < -0.3 is 9.47 Å². The zero-order valence-electron chi connectivity index (χ0n) is 21.9. The number of terminal acetylenes is 2. The van der Waals surface area contributed by atoms with Gasteiger partial charge in [0.2, 0.25) is 0 Å². The Kier molecular flexibility index (Phi) is 6.92. The van der Waals surface area contributed by atoms with E-state index in [1.54, 1.807) is 0 Å². The fourth-order valence-corrected chi connectivity index (χ4v) is 5.03. The molecule has 0 spiro atoms. The number of benzene rings is 6. The van der Waals surface area contributed by atoms with Crippen molar-refractivity contribution in [2.24, 2.45) is 0 Å². The van der Waals surface area contributed by atoms with Crippen molar-refractivity contribution < 1.29 is 9.47 Å². The summed E-state index contributed by atoms with van der Waals surface area (Å²) in [5.74, 6) is 7.05. The summed E-state index contributed by atoms with van der Waals surface area (Å²) >= 11 is 0. The smallest absolute Gasteiger partial charge is 0.128 e. The predicted molar refractivity (Wildman–Crippen MR) is 164 cm³/mol. The Morgan fingerprint density at radius 1 is 0.475 bits per heavy atom. The second-order valence-electron chi connectivity index (χ2n) is 9.59. The third-order valence-electron chi connectivity index (χ3n) is 7.02. The zero-order chi connectivity index (χ0) is 27.3. The van der Waals surface area contributed by atoms with Crippen LogP contribution in [-0.2, 0) is 13.2 Å². The van der Waals surface area contributed by atoms with Crippen LogP contribution in [-0.4, -0.2) is 0 Å². The van der Waals surface area contributed by atoms with Crippen LogP contribution >= 0.6 is 0 Å². The number of ether oxygens (including phenoxy) is 2. The van der Waals surface area contributed by atoms with E-state index in [4.69, 9.17) is 22.3 Å². The number of hydrogen-bond acceptors (Lipinski definition) is 2. The van der Waals surface area contributed by atoms with Gasteiger partial charge in [0.25, 0.3) is 0 Å². The van der Waals surface area contributed by atoms with Crippen LogP contribution in [0, 0.1) is 24.7 Å². The van der Waals surface area contributed by atoms with Crippen molar-refractivity contribution in [2.45, 2.75) is 13.2 Å². The fourth-order valence-electron chi connectivity index (χ4n) is 5.03. The van der Waals surface area contributed by atoms with Crippen molar-refractivity contribution in [2.75, 3.05) is 0 Å². The summed E-state index contributed by atoms with van der Waals surface area (Å²) in [7, 11) is 0. The van der Waals surface area contributed by atoms with Crippen molar-refractivity contribution in [1.29, 1.82) is 0 Å². The predicted octanol–water partition coefficient (Wildman–Crippen LogP) is 8.78. The normalized spacial score (nSPS) is 10.7. The standard InChI is InChI=1S/C38H26O2/c1-3-27-15-19-33-31(23-27)17-21-35(39-25-29-11-7-5-8-12-29)37(33)38-34-20-16-28(4-2)24-32(34)18-22-36(38)40-26-30-13-9-6-10-14-30/h1-2,5-24H,25-26H2. The van der Waals surface area contributed by atoms with Crippen LogP contribution in [0.4, 0.5) is 0 Å². The van der Waals surface area contributed by atoms with E-state index in [2.05, 4.69) is 60.4 Å². The maximum atomic E-state index is 6.53. The Balaban J connectivity index is 1.58. The summed E-state index contributed by atoms with van der Waals surface area (Å²) < 4.78 is 13.1. The van der Waals surface area contributed by atoms with Gasteiger partial charge in [-0.25, -0.2) is 0 Å². The third-order valence-corrected chi connectivity index (χ3v) is 7.02. The molecule has 6 aromatic rings. The van der Waals surface area contributed by atoms with Crippen LogP contribution in [0.5, 0.6) is 11.5 Å². The minimum Gasteiger partial charge on any atom is -0.488 e. The van der Waals surface area contributed by atoms with E-state index in [0.717, 1.165) is 66.4 Å². The minimum absolute atomic E-state index is 0.438. The van der Waals surface area contributed by atoms with Crippen LogP contribution in [0.25, 0.3) is 32.7 Å². The molecule has 0 bridgehead atoms. The zero-order valence-corrected chi connectivity index (χ0v) is 21.9. The largest absolute Gasteiger partial charge is 0.488 e. The molecule has 0 aliphatic heterocycles. The van der Waals surface area contributed by atoms with Crippen LogP contribution in [0.2, 0.25) is 0 Å². The van der Waals surface area contributed by atoms with Crippen molar-refractivity contribution in [1.82, 2.24) is 0 Å². The molecule has 0 saturated heterocycles. The average Bonchev–Trinajstić information content (AvgIpc) is 3.02. The summed E-state index contributed by atoms with van der Waals surface area (Å²) in [4.78, 5) is 0. The molecule has 0 N–H and O–H groups in total. The Morgan fingerprint density at radius 3 is 1.30 bits per heavy atom. The first kappa shape index (κ1) is 24.9. The molecular weight excluding hydrogens is 488 g/mol. The lowest BCUT2D eigenvalue weighted by Crippen LogP contribution is -2.01. The summed E-state index contributed by atoms with van der Waals surface area (Å²) in [5.41, 5.74) is 5.75. The second kappa shape index (κ2) is 11.1. The first-order valence-electron chi connectivity index (χ1n) is 13.1. The lowest BCUT2D eigenvalue weighted by atomic mass is 9.91. The first-order chi connectivity index (χ1) is 19.7. The molecule has 0 aliphatic rings. The first-order valence-corrected chi connectivity index (χ1v) is 13.1. The Morgan fingerprint density at radius 2 is 0.900 bits per heavy atom. The van der Waals surface area contributed by atoms with Gasteiger partial charge in [-0.2, -0.15) is 0 Å². The fraction of sp³-hybridized carbons (Fsp3) is 0.0526. The molecule has 0 fully saturated rings. The van der Waals surface area contributed by atoms with Crippen LogP contribution < -0.4 is 9.47 Å². The molecule has 0 heterocycles. The molecule has 40 heavy (non-hydrogen) atoms. The van der Waals surface area contributed by atoms with Gasteiger partial charge in [-0.3, -0.25) is 0 Å². The molecule has 0 aromatic heterocycles. The lowest BCUT2D eigenvalue weighted by molar-refractivity contribution is 0.303. The van der Waals surface area contributed by atoms with E-state index in [1.165, 1.54) is 0 Å². The van der Waals surface area contributed by atoms with Gasteiger partial charge >= 0.3 is 0 Å². The summed E-state index contributed by atoms with van der Waals surface area (Å²) in [5, 5.41) is 4.12. The highest BCUT2D eigenvalue weighted by atomic mass is 16.5. The van der Waals surface area contributed by atoms with Gasteiger partial charge in [0.05, 0.1) is 0 Å². The average molecular weight is 515 g/mol. The quantitative estimate of drug-likeness (QED) is 0.198. The number of hydrogen-bond donors (Lipinski definition) is 0. The topological polar surface area (TPSA) is 18.5 Å². The SMILES string of the molecule is C#Cc1ccc2c(-c3c(OCc4ccccc4)ccc4cc(C#C)ccc34)c(OCc3ccccc3)ccc2c1. The molecule has 190 valence electrons. The Labute approximate surface area is 234 Å². The molecule has 2 nitrogen and oxygen atoms in total. The second-order valence-corrected chi connectivity index (χ2v) is 9.59. The molecular formula is C38H26O2. The van der Waals surface area contributed by atoms with Crippen LogP contribution in [0.1, 0.15) is 22.3 Å². The van der Waals surface area contributed by atoms with Gasteiger partial charge in [-0.05, 0) is 69.1 Å². The molecule has 6 rings (SSSR count). The molecule has 0 saturated carbocycles. The van der Waals surface area contributed by atoms with E-state index < -0.39 is 0 Å². The van der Waals surface area contributed by atoms with E-state index in [-0.39, 0.29) is 0 Å². The van der Waals surface area contributed by atoms with Crippen molar-refractivity contribution in [3.05, 3.63) is 144 Å². The van der Waals surface area contributed by atoms with Gasteiger partial charge in [-0.15, -0.1) is 12.8 Å². The molecule has 2 heteroatoms. The minimum atomic E-state index is 0.438. The van der Waals surface area contributed by atoms with Gasteiger partial charge in [0, 0.05) is 22.3 Å². The van der Waals surface area contributed by atoms with Crippen molar-refractivity contribution >= 4 is 21.5 Å². The molecule has 0 atom stereocenters. The molecule has 0 unspecified atom stereocenters. The van der Waals surface area contributed by atoms with Crippen LogP contribution in [0.3, 0.4) is 0 Å². The molecule has 0 radical (unpaired) electrons. The molecule has 0 aliphatic carbocycles. The monoisotopic (exact) mass is 514 g/mol. The van der Waals surface area contributed by atoms with E-state index >= 15 is 0 Å². The van der Waals surface area contributed by atoms with E-state index in [9.17, 15) is 0 Å². The maximum absolute atomic E-state index is 6.53. The van der Waals surface area contributed by atoms with E-state index in [0.29, 0.717) is 13.2 Å². The summed E-state index contributed by atoms with van der Waals surface area (Å²) in [6.07, 6.45) is 11.5. The highest BCUT2D eigenvalue weighted by Gasteiger charge is 2.20. The number of fused-ring (bicyclic) bond motifs is 2. The highest BCUT2D eigenvalue weighted by Crippen LogP contribution is 2.46. The van der Waals surface area contributed by atoms with Crippen molar-refractivity contribution in [3.63, 3.8) is 0 Å². The Bertz CT molecular complexity index is 1760. The lowest BCUT2D eigenvalue weighted by Gasteiger charge is -2.20. The van der Waals surface area contributed by atoms with Gasteiger partial charge in [-0.1, -0.05) is 96.8 Å². The van der Waals surface area contributed by atoms with Crippen molar-refractivity contribution in [3.8, 4) is 47.3 Å². The summed E-state index contributed by atoms with van der Waals surface area (Å²) in [6, 6.07) is 40.7. The third kappa shape index (κ3) is 5.00. The highest BCUT2D eigenvalue weighted by molar-refractivity contribution is 6.10. The van der Waals surface area contributed by atoms with E-state index in [1.807, 2.05) is 72.8 Å². The van der Waals surface area contributed by atoms with Gasteiger partial charge in [0.1, 0.15) is 24.7 Å². The maximum Gasteiger partial charge on any atom is 0.128 e. The summed E-state index contributed by atoms with van der Waals surface area (Å²) in [6.45, 7) is 0.877. The van der Waals surface area contributed by atoms with Crippen LogP contribution in [0.15, 0.2) is 121 Å². The molecule has 6 aromatic carbocycles. The van der Waals surface area contributed by atoms with Gasteiger partial charge in [0.15, 0.2) is 0 Å². The Hall–Kier alpha value is -5.44. The number of rotatable bonds is 7. The molecule has 0 amide bonds.